The molecule has 1 aliphatic heterocycles. The number of amidine groups is 1. The molecule has 7 nitrogen and oxygen atoms in total. The van der Waals surface area contributed by atoms with Crippen LogP contribution in [0.4, 0.5) is 0 Å². The lowest BCUT2D eigenvalue weighted by atomic mass is 10.2. The van der Waals surface area contributed by atoms with Crippen molar-refractivity contribution in [2.45, 2.75) is 36.6 Å². The van der Waals surface area contributed by atoms with Gasteiger partial charge >= 0.3 is 0 Å². The summed E-state index contributed by atoms with van der Waals surface area (Å²) in [6, 6.07) is 7.46. The predicted octanol–water partition coefficient (Wildman–Crippen LogP) is 0.716. The minimum atomic E-state index is -3.50. The maximum atomic E-state index is 12.0. The number of carbonyl (C=O) groups is 1. The van der Waals surface area contributed by atoms with Gasteiger partial charge in [0.1, 0.15) is 5.84 Å². The number of hydrogen-bond donors (Lipinski definition) is 2. The van der Waals surface area contributed by atoms with E-state index in [2.05, 4.69) is 27.0 Å². The number of carbonyl (C=O) groups excluding carboxylic acids is 1. The smallest absolute Gasteiger partial charge is 0.263 e. The number of nitrogens with one attached hydrogen (secondary N) is 2. The molecule has 136 valence electrons. The molecular formula is C17H24N4O3S. The van der Waals surface area contributed by atoms with Gasteiger partial charge in [-0.2, -0.15) is 0 Å². The van der Waals surface area contributed by atoms with Gasteiger partial charge in [-0.25, -0.2) is 8.42 Å². The van der Waals surface area contributed by atoms with Gasteiger partial charge in [0.15, 0.2) is 0 Å². The molecule has 0 bridgehead atoms. The number of benzene rings is 1. The summed E-state index contributed by atoms with van der Waals surface area (Å²) in [5.74, 6) is 0.374. The molecular weight excluding hydrogens is 340 g/mol. The summed E-state index contributed by atoms with van der Waals surface area (Å²) in [7, 11) is -1.41. The minimum Gasteiger partial charge on any atom is -0.355 e. The van der Waals surface area contributed by atoms with Crippen molar-refractivity contribution >= 4 is 21.8 Å². The van der Waals surface area contributed by atoms with E-state index in [0.717, 1.165) is 6.54 Å². The second-order valence-electron chi connectivity index (χ2n) is 6.50. The van der Waals surface area contributed by atoms with Crippen molar-refractivity contribution < 1.29 is 13.2 Å². The fourth-order valence-corrected chi connectivity index (χ4v) is 4.09. The number of likely N-dealkylation sites (N-methyl/N-ethyl adjacent to an activating group) is 1. The number of nitrogens with zero attached hydrogens (tertiary/aromatic N) is 2. The third-order valence-electron chi connectivity index (χ3n) is 4.45. The molecule has 25 heavy (non-hydrogen) atoms. The van der Waals surface area contributed by atoms with E-state index in [9.17, 15) is 13.2 Å². The number of hydrogen-bond acceptors (Lipinski definition) is 5. The molecule has 0 spiro atoms. The lowest BCUT2D eigenvalue weighted by Crippen LogP contribution is -2.33. The summed E-state index contributed by atoms with van der Waals surface area (Å²) in [5, 5.41) is 2.91. The third kappa shape index (κ3) is 4.58. The largest absolute Gasteiger partial charge is 0.355 e. The Morgan fingerprint density at radius 1 is 1.36 bits per heavy atom. The summed E-state index contributed by atoms with van der Waals surface area (Å²) in [6.07, 6.45) is 3.49. The van der Waals surface area contributed by atoms with Crippen molar-refractivity contribution in [3.8, 4) is 0 Å². The lowest BCUT2D eigenvalue weighted by Gasteiger charge is -2.15. The van der Waals surface area contributed by atoms with Crippen LogP contribution in [0.3, 0.4) is 0 Å². The van der Waals surface area contributed by atoms with Crippen molar-refractivity contribution in [1.29, 1.82) is 0 Å². The van der Waals surface area contributed by atoms with E-state index in [1.165, 1.54) is 12.8 Å². The summed E-state index contributed by atoms with van der Waals surface area (Å²) in [4.78, 5) is 18.7. The first-order valence-corrected chi connectivity index (χ1v) is 10.1. The molecule has 1 saturated carbocycles. The fraction of sp³-hybridized carbons (Fsp3) is 0.529. The van der Waals surface area contributed by atoms with Crippen LogP contribution in [0, 0.1) is 0 Å². The maximum Gasteiger partial charge on any atom is 0.263 e. The number of aliphatic imine (C=N–C) groups is 1. The van der Waals surface area contributed by atoms with Crippen LogP contribution >= 0.6 is 0 Å². The quantitative estimate of drug-likeness (QED) is 0.665. The molecule has 1 aromatic rings. The zero-order chi connectivity index (χ0) is 17.9. The Morgan fingerprint density at radius 2 is 2.12 bits per heavy atom. The second-order valence-corrected chi connectivity index (χ2v) is 8.15. The highest BCUT2D eigenvalue weighted by molar-refractivity contribution is 7.90. The van der Waals surface area contributed by atoms with Crippen LogP contribution < -0.4 is 10.0 Å². The van der Waals surface area contributed by atoms with Gasteiger partial charge in [0.25, 0.3) is 10.0 Å². The molecule has 0 atom stereocenters. The molecule has 0 saturated heterocycles. The highest BCUT2D eigenvalue weighted by Crippen LogP contribution is 2.24. The molecule has 0 aromatic heterocycles. The van der Waals surface area contributed by atoms with Crippen LogP contribution in [0.2, 0.25) is 0 Å². The Morgan fingerprint density at radius 3 is 2.88 bits per heavy atom. The van der Waals surface area contributed by atoms with Crippen LogP contribution in [0.1, 0.15) is 31.2 Å². The summed E-state index contributed by atoms with van der Waals surface area (Å²) < 4.78 is 26.4. The normalized spacial score (nSPS) is 19.7. The highest BCUT2D eigenvalue weighted by Gasteiger charge is 2.29. The molecule has 0 unspecified atom stereocenters. The van der Waals surface area contributed by atoms with Crippen LogP contribution in [0.15, 0.2) is 34.2 Å². The Labute approximate surface area is 148 Å². The topological polar surface area (TPSA) is 90.9 Å². The maximum absolute atomic E-state index is 12.0. The zero-order valence-electron chi connectivity index (χ0n) is 14.4. The van der Waals surface area contributed by atoms with Crippen LogP contribution in [-0.4, -0.2) is 57.8 Å². The molecule has 2 N–H and O–H groups in total. The van der Waals surface area contributed by atoms with Gasteiger partial charge < -0.3 is 10.2 Å². The van der Waals surface area contributed by atoms with E-state index in [-0.39, 0.29) is 10.8 Å². The zero-order valence-corrected chi connectivity index (χ0v) is 15.2. The van der Waals surface area contributed by atoms with E-state index in [1.54, 1.807) is 24.3 Å². The molecule has 1 fully saturated rings. The van der Waals surface area contributed by atoms with Crippen molar-refractivity contribution in [3.63, 3.8) is 0 Å². The average molecular weight is 364 g/mol. The predicted molar refractivity (Wildman–Crippen MR) is 96.1 cm³/mol. The minimum absolute atomic E-state index is 0.0109. The molecule has 1 heterocycles. The average Bonchev–Trinajstić information content (AvgIpc) is 3.39. The van der Waals surface area contributed by atoms with Crippen molar-refractivity contribution in [2.75, 3.05) is 26.7 Å². The monoisotopic (exact) mass is 364 g/mol. The van der Waals surface area contributed by atoms with Crippen LogP contribution in [0.25, 0.3) is 0 Å². The van der Waals surface area contributed by atoms with Gasteiger partial charge in [0.05, 0.1) is 4.90 Å². The lowest BCUT2D eigenvalue weighted by molar-refractivity contribution is -0.121. The molecule has 1 aliphatic carbocycles. The van der Waals surface area contributed by atoms with Gasteiger partial charge in [-0.1, -0.05) is 12.1 Å². The van der Waals surface area contributed by atoms with Gasteiger partial charge in [-0.3, -0.25) is 14.5 Å². The Kier molecular flexibility index (Phi) is 5.39. The van der Waals surface area contributed by atoms with E-state index in [1.807, 2.05) is 0 Å². The molecule has 3 rings (SSSR count). The Hall–Kier alpha value is -1.93. The van der Waals surface area contributed by atoms with Crippen LogP contribution in [-0.2, 0) is 14.8 Å². The van der Waals surface area contributed by atoms with E-state index in [0.29, 0.717) is 43.4 Å². The van der Waals surface area contributed by atoms with Gasteiger partial charge in [-0.05, 0) is 38.4 Å². The van der Waals surface area contributed by atoms with E-state index < -0.39 is 10.0 Å². The second kappa shape index (κ2) is 7.53. The number of sulfonamides is 1. The molecule has 8 heteroatoms. The van der Waals surface area contributed by atoms with E-state index in [4.69, 9.17) is 0 Å². The summed E-state index contributed by atoms with van der Waals surface area (Å²) >= 11 is 0. The van der Waals surface area contributed by atoms with Gasteiger partial charge in [0.2, 0.25) is 5.91 Å². The van der Waals surface area contributed by atoms with E-state index >= 15 is 0 Å². The fourth-order valence-electron chi connectivity index (χ4n) is 2.84. The summed E-state index contributed by atoms with van der Waals surface area (Å²) in [6.45, 7) is 1.94. The number of rotatable bonds is 8. The van der Waals surface area contributed by atoms with Crippen molar-refractivity contribution in [2.24, 2.45) is 4.99 Å². The van der Waals surface area contributed by atoms with Gasteiger partial charge in [-0.15, -0.1) is 0 Å². The van der Waals surface area contributed by atoms with Crippen molar-refractivity contribution in [1.82, 2.24) is 14.9 Å². The highest BCUT2D eigenvalue weighted by atomic mass is 32.2. The number of fused-ring (bicyclic) bond motifs is 1. The Balaban J connectivity index is 1.41. The first-order chi connectivity index (χ1) is 12.0. The summed E-state index contributed by atoms with van der Waals surface area (Å²) in [5.41, 5.74) is 0.593. The Bertz CT molecular complexity index is 772. The third-order valence-corrected chi connectivity index (χ3v) is 5.85. The molecule has 2 aliphatic rings. The van der Waals surface area contributed by atoms with Crippen molar-refractivity contribution in [3.05, 3.63) is 29.8 Å². The first kappa shape index (κ1) is 17.9. The SMILES string of the molecule is CN(CCNC(=O)CCCN=C1NS(=O)(=O)c2ccccc21)C1CC1. The molecule has 1 amide bonds. The van der Waals surface area contributed by atoms with Gasteiger partial charge in [0, 0.05) is 37.7 Å². The molecule has 0 radical (unpaired) electrons. The first-order valence-electron chi connectivity index (χ1n) is 8.61. The van der Waals surface area contributed by atoms with Crippen LogP contribution in [0.5, 0.6) is 0 Å². The standard InChI is InChI=1S/C17H24N4O3S/c1-21(13-8-9-13)12-11-18-16(22)7-4-10-19-17-14-5-2-3-6-15(14)25(23,24)20-17/h2-3,5-6,13H,4,7-12H2,1H3,(H,18,22)(H,19,20). The number of amides is 1. The molecule has 1 aromatic carbocycles.